The van der Waals surface area contributed by atoms with E-state index in [2.05, 4.69) is 30.6 Å². The Morgan fingerprint density at radius 1 is 1.24 bits per heavy atom. The number of carbonyl (C=O) groups excluding carboxylic acids is 2. The van der Waals surface area contributed by atoms with Crippen LogP contribution in [0.25, 0.3) is 22.2 Å². The third-order valence-electron chi connectivity index (χ3n) is 7.40. The predicted octanol–water partition coefficient (Wildman–Crippen LogP) is 5.29. The number of aromatic amines is 1. The van der Waals surface area contributed by atoms with E-state index < -0.39 is 5.82 Å². The first-order chi connectivity index (χ1) is 19.5. The van der Waals surface area contributed by atoms with E-state index in [-0.39, 0.29) is 48.0 Å². The highest BCUT2D eigenvalue weighted by atomic mass is 19.1. The van der Waals surface area contributed by atoms with E-state index in [1.54, 1.807) is 17.2 Å². The number of rotatable bonds is 7. The molecule has 11 nitrogen and oxygen atoms in total. The quantitative estimate of drug-likeness (QED) is 0.287. The summed E-state index contributed by atoms with van der Waals surface area (Å²) >= 11 is 0. The molecule has 0 saturated carbocycles. The normalized spacial score (nSPS) is 17.6. The fourth-order valence-electron chi connectivity index (χ4n) is 5.00. The summed E-state index contributed by atoms with van der Waals surface area (Å²) in [5.41, 5.74) is 2.01. The molecule has 1 saturated heterocycles. The van der Waals surface area contributed by atoms with Crippen LogP contribution in [-0.4, -0.2) is 67.8 Å². The maximum Gasteiger partial charge on any atom is 0.409 e. The van der Waals surface area contributed by atoms with Crippen molar-refractivity contribution in [3.8, 4) is 11.1 Å². The second-order valence-corrected chi connectivity index (χ2v) is 11.4. The van der Waals surface area contributed by atoms with Crippen molar-refractivity contribution < 1.29 is 23.2 Å². The van der Waals surface area contributed by atoms with E-state index in [0.29, 0.717) is 35.0 Å². The van der Waals surface area contributed by atoms with Crippen molar-refractivity contribution in [2.75, 3.05) is 19.0 Å². The molecule has 1 fully saturated rings. The van der Waals surface area contributed by atoms with Gasteiger partial charge in [-0.1, -0.05) is 38.1 Å². The molecular weight excluding hydrogens is 529 g/mol. The first-order valence-electron chi connectivity index (χ1n) is 13.7. The molecule has 216 valence electrons. The highest BCUT2D eigenvalue weighted by Gasteiger charge is 2.30. The lowest BCUT2D eigenvalue weighted by atomic mass is 9.97. The molecule has 4 aromatic rings. The van der Waals surface area contributed by atoms with Crippen LogP contribution < -0.4 is 5.32 Å². The van der Waals surface area contributed by atoms with Crippen molar-refractivity contribution in [3.05, 3.63) is 53.6 Å². The molecule has 5 rings (SSSR count). The lowest BCUT2D eigenvalue weighted by Gasteiger charge is -2.37. The van der Waals surface area contributed by atoms with Crippen molar-refractivity contribution in [1.29, 1.82) is 0 Å². The number of nitrogens with one attached hydrogen (secondary N) is 2. The number of fused-ring (bicyclic) bond motifs is 1. The zero-order chi connectivity index (χ0) is 29.3. The number of ketones is 1. The van der Waals surface area contributed by atoms with Crippen molar-refractivity contribution in [1.82, 2.24) is 30.2 Å². The number of pyridine rings is 1. The summed E-state index contributed by atoms with van der Waals surface area (Å²) < 4.78 is 25.4. The Hall–Kier alpha value is -4.35. The minimum atomic E-state index is -0.420. The van der Waals surface area contributed by atoms with Gasteiger partial charge in [0.1, 0.15) is 5.82 Å². The Labute approximate surface area is 236 Å². The number of carbonyl (C=O) groups is 2. The number of Topliss-reactive ketones (excluding diaryl/α,β-unsaturated/α-hetero) is 1. The molecule has 0 unspecified atom stereocenters. The van der Waals surface area contributed by atoms with Crippen LogP contribution in [0, 0.1) is 5.82 Å². The molecule has 41 heavy (non-hydrogen) atoms. The van der Waals surface area contributed by atoms with Crippen molar-refractivity contribution >= 4 is 28.7 Å². The van der Waals surface area contributed by atoms with Crippen LogP contribution in [0.3, 0.4) is 0 Å². The number of hydrogen-bond acceptors (Lipinski definition) is 9. The van der Waals surface area contributed by atoms with E-state index in [1.807, 2.05) is 39.8 Å². The summed E-state index contributed by atoms with van der Waals surface area (Å²) in [6.45, 7) is 8.22. The van der Waals surface area contributed by atoms with E-state index >= 15 is 4.39 Å². The number of likely N-dealkylation sites (tertiary alicyclic amines) is 1. The lowest BCUT2D eigenvalue weighted by molar-refractivity contribution is 0.0911. The smallest absolute Gasteiger partial charge is 0.409 e. The van der Waals surface area contributed by atoms with Gasteiger partial charge in [0, 0.05) is 36.7 Å². The van der Waals surface area contributed by atoms with Crippen molar-refractivity contribution in [2.45, 2.75) is 70.9 Å². The molecule has 1 aliphatic rings. The molecule has 0 bridgehead atoms. The Bertz CT molecular complexity index is 1570. The number of H-pyrrole nitrogens is 1. The Morgan fingerprint density at radius 3 is 2.76 bits per heavy atom. The molecular formula is C29H34FN7O4. The molecule has 2 atom stereocenters. The topological polar surface area (TPSA) is 139 Å². The minimum absolute atomic E-state index is 0.00764. The van der Waals surface area contributed by atoms with Crippen LogP contribution in [-0.2, 0) is 16.6 Å². The number of piperidine rings is 1. The number of anilines is 1. The van der Waals surface area contributed by atoms with Crippen LogP contribution in [0.4, 0.5) is 15.0 Å². The fourth-order valence-corrected chi connectivity index (χ4v) is 5.00. The lowest BCUT2D eigenvalue weighted by Crippen LogP contribution is -2.49. The molecule has 12 heteroatoms. The van der Waals surface area contributed by atoms with E-state index in [4.69, 9.17) is 9.26 Å². The number of hydrogen-bond donors (Lipinski definition) is 2. The monoisotopic (exact) mass is 563 g/mol. The van der Waals surface area contributed by atoms with Gasteiger partial charge >= 0.3 is 6.09 Å². The minimum Gasteiger partial charge on any atom is -0.453 e. The van der Waals surface area contributed by atoms with E-state index in [9.17, 15) is 9.59 Å². The number of aryl methyl sites for hydroxylation is 1. The third-order valence-corrected chi connectivity index (χ3v) is 7.40. The van der Waals surface area contributed by atoms with Gasteiger partial charge in [-0.3, -0.25) is 9.89 Å². The summed E-state index contributed by atoms with van der Waals surface area (Å²) in [5.74, 6) is 0.245. The highest BCUT2D eigenvalue weighted by molar-refractivity contribution is 6.00. The molecule has 0 spiro atoms. The zero-order valence-electron chi connectivity index (χ0n) is 23.8. The van der Waals surface area contributed by atoms with Crippen molar-refractivity contribution in [2.24, 2.45) is 0 Å². The second kappa shape index (κ2) is 11.3. The number of aromatic nitrogens is 5. The molecule has 1 aromatic carbocycles. The average molecular weight is 564 g/mol. The van der Waals surface area contributed by atoms with E-state index in [0.717, 1.165) is 23.8 Å². The number of amides is 1. The van der Waals surface area contributed by atoms with Gasteiger partial charge in [0.15, 0.2) is 11.5 Å². The van der Waals surface area contributed by atoms with Crippen LogP contribution in [0.15, 0.2) is 35.0 Å². The number of ether oxygens (including phenoxy) is 1. The standard InChI is InChI=1S/C29H34FN7O4/c1-16-6-10-19(15-37(16)28(39)40-5)32-26-23-20(12-13-31-25(23)34-35-26)18-8-7-17(21(30)14-18)9-11-22(38)24-33-27(41-36-24)29(2,3)4/h7-8,12-14,16,19H,6,9-11,15H2,1-5H3,(H2,31,32,34,35)/t16-,19+/m0/s1. The summed E-state index contributed by atoms with van der Waals surface area (Å²) in [7, 11) is 1.38. The van der Waals surface area contributed by atoms with Crippen molar-refractivity contribution in [3.63, 3.8) is 0 Å². The summed E-state index contributed by atoms with van der Waals surface area (Å²) in [4.78, 5) is 35.1. The number of halogens is 1. The number of nitrogens with zero attached hydrogens (tertiary/aromatic N) is 5. The van der Waals surface area contributed by atoms with Crippen LogP contribution in [0.2, 0.25) is 0 Å². The maximum atomic E-state index is 15.3. The predicted molar refractivity (Wildman–Crippen MR) is 150 cm³/mol. The summed E-state index contributed by atoms with van der Waals surface area (Å²) in [6, 6.07) is 6.82. The summed E-state index contributed by atoms with van der Waals surface area (Å²) in [5, 5.41) is 15.3. The van der Waals surface area contributed by atoms with E-state index in [1.165, 1.54) is 13.2 Å². The first kappa shape index (κ1) is 28.2. The Kier molecular flexibility index (Phi) is 7.74. The average Bonchev–Trinajstić information content (AvgIpc) is 3.61. The van der Waals surface area contributed by atoms with Gasteiger partial charge < -0.3 is 19.5 Å². The fraction of sp³-hybridized carbons (Fsp3) is 0.448. The zero-order valence-corrected chi connectivity index (χ0v) is 23.8. The van der Waals surface area contributed by atoms with Gasteiger partial charge in [0.25, 0.3) is 0 Å². The van der Waals surface area contributed by atoms with Gasteiger partial charge in [0.05, 0.1) is 12.5 Å². The molecule has 0 aliphatic carbocycles. The SMILES string of the molecule is COC(=O)N1C[C@H](Nc2n[nH]c3nccc(-c4ccc(CCC(=O)c5noc(C(C)(C)C)n5)c(F)c4)c23)CC[C@@H]1C. The highest BCUT2D eigenvalue weighted by Crippen LogP contribution is 2.34. The molecule has 1 amide bonds. The first-order valence-corrected chi connectivity index (χ1v) is 13.7. The second-order valence-electron chi connectivity index (χ2n) is 11.4. The number of methoxy groups -OCH3 is 1. The van der Waals surface area contributed by atoms with Gasteiger partial charge in [-0.15, -0.1) is 0 Å². The number of benzene rings is 1. The van der Waals surface area contributed by atoms with Crippen LogP contribution in [0.5, 0.6) is 0 Å². The molecule has 4 heterocycles. The Balaban J connectivity index is 1.33. The summed E-state index contributed by atoms with van der Waals surface area (Å²) in [6.07, 6.45) is 3.20. The van der Waals surface area contributed by atoms with Gasteiger partial charge in [-0.25, -0.2) is 14.2 Å². The molecule has 0 radical (unpaired) electrons. The van der Waals surface area contributed by atoms with Gasteiger partial charge in [0.2, 0.25) is 17.5 Å². The van der Waals surface area contributed by atoms with Gasteiger partial charge in [-0.2, -0.15) is 10.1 Å². The van der Waals surface area contributed by atoms with Crippen LogP contribution in [0.1, 0.15) is 69.0 Å². The van der Waals surface area contributed by atoms with Crippen LogP contribution >= 0.6 is 0 Å². The maximum absolute atomic E-state index is 15.3. The Morgan fingerprint density at radius 2 is 2.05 bits per heavy atom. The largest absolute Gasteiger partial charge is 0.453 e. The molecule has 2 N–H and O–H groups in total. The third kappa shape index (κ3) is 5.91. The van der Waals surface area contributed by atoms with Gasteiger partial charge in [-0.05, 0) is 55.0 Å². The molecule has 1 aliphatic heterocycles. The molecule has 3 aromatic heterocycles.